The SMILES string of the molecule is C=CCCCc1nnc(-c2cc(F)cc(F)c2)n1C. The zero-order valence-electron chi connectivity index (χ0n) is 10.7. The van der Waals surface area contributed by atoms with E-state index >= 15 is 0 Å². The molecule has 19 heavy (non-hydrogen) atoms. The molecule has 0 aliphatic rings. The van der Waals surface area contributed by atoms with Crippen molar-refractivity contribution in [3.8, 4) is 11.4 Å². The molecule has 5 heteroatoms. The van der Waals surface area contributed by atoms with Crippen LogP contribution in [0.15, 0.2) is 30.9 Å². The fraction of sp³-hybridized carbons (Fsp3) is 0.286. The lowest BCUT2D eigenvalue weighted by Crippen LogP contribution is -2.00. The van der Waals surface area contributed by atoms with Crippen LogP contribution in [0.2, 0.25) is 0 Å². The van der Waals surface area contributed by atoms with Crippen LogP contribution in [0.3, 0.4) is 0 Å². The van der Waals surface area contributed by atoms with Gasteiger partial charge in [0, 0.05) is 25.1 Å². The summed E-state index contributed by atoms with van der Waals surface area (Å²) in [7, 11) is 1.79. The number of allylic oxidation sites excluding steroid dienone is 1. The van der Waals surface area contributed by atoms with Crippen molar-refractivity contribution in [3.05, 3.63) is 48.3 Å². The molecule has 0 saturated heterocycles. The molecule has 0 aliphatic carbocycles. The molecule has 2 aromatic rings. The molecule has 0 aliphatic heterocycles. The minimum absolute atomic E-state index is 0.391. The van der Waals surface area contributed by atoms with Gasteiger partial charge in [0.2, 0.25) is 0 Å². The van der Waals surface area contributed by atoms with Gasteiger partial charge in [0.25, 0.3) is 0 Å². The number of hydrogen-bond acceptors (Lipinski definition) is 2. The van der Waals surface area contributed by atoms with Gasteiger partial charge in [0.05, 0.1) is 0 Å². The minimum atomic E-state index is -0.619. The highest BCUT2D eigenvalue weighted by Gasteiger charge is 2.12. The van der Waals surface area contributed by atoms with E-state index in [0.29, 0.717) is 11.4 Å². The second-order valence-corrected chi connectivity index (χ2v) is 4.34. The number of rotatable bonds is 5. The molecule has 1 aromatic heterocycles. The van der Waals surface area contributed by atoms with Gasteiger partial charge in [-0.05, 0) is 25.0 Å². The first kappa shape index (κ1) is 13.4. The molecule has 0 spiro atoms. The van der Waals surface area contributed by atoms with Gasteiger partial charge in [-0.1, -0.05) is 6.08 Å². The third-order valence-electron chi connectivity index (χ3n) is 2.89. The first-order chi connectivity index (χ1) is 9.11. The first-order valence-corrected chi connectivity index (χ1v) is 6.07. The van der Waals surface area contributed by atoms with Crippen molar-refractivity contribution in [3.63, 3.8) is 0 Å². The summed E-state index contributed by atoms with van der Waals surface area (Å²) in [5.74, 6) is 0.0194. The number of nitrogens with zero attached hydrogens (tertiary/aromatic N) is 3. The van der Waals surface area contributed by atoms with Crippen molar-refractivity contribution < 1.29 is 8.78 Å². The minimum Gasteiger partial charge on any atom is -0.314 e. The molecule has 0 atom stereocenters. The summed E-state index contributed by atoms with van der Waals surface area (Å²) >= 11 is 0. The number of halogens is 2. The Bertz CT molecular complexity index is 570. The van der Waals surface area contributed by atoms with E-state index in [1.807, 2.05) is 6.08 Å². The van der Waals surface area contributed by atoms with Crippen molar-refractivity contribution in [1.82, 2.24) is 14.8 Å². The van der Waals surface area contributed by atoms with E-state index in [1.54, 1.807) is 11.6 Å². The van der Waals surface area contributed by atoms with Crippen molar-refractivity contribution in [2.75, 3.05) is 0 Å². The van der Waals surface area contributed by atoms with Gasteiger partial charge in [-0.15, -0.1) is 16.8 Å². The van der Waals surface area contributed by atoms with Crippen LogP contribution in [0, 0.1) is 11.6 Å². The van der Waals surface area contributed by atoms with Crippen LogP contribution >= 0.6 is 0 Å². The zero-order valence-corrected chi connectivity index (χ0v) is 10.7. The smallest absolute Gasteiger partial charge is 0.163 e. The Morgan fingerprint density at radius 2 is 1.89 bits per heavy atom. The number of hydrogen-bond donors (Lipinski definition) is 0. The summed E-state index contributed by atoms with van der Waals surface area (Å²) in [6, 6.07) is 3.34. The third kappa shape index (κ3) is 3.05. The largest absolute Gasteiger partial charge is 0.314 e. The van der Waals surface area contributed by atoms with Gasteiger partial charge in [0.15, 0.2) is 5.82 Å². The summed E-state index contributed by atoms with van der Waals surface area (Å²) in [6.45, 7) is 3.66. The van der Waals surface area contributed by atoms with Crippen LogP contribution in [0.1, 0.15) is 18.7 Å². The molecule has 3 nitrogen and oxygen atoms in total. The lowest BCUT2D eigenvalue weighted by Gasteiger charge is -2.04. The van der Waals surface area contributed by atoms with Gasteiger partial charge in [0.1, 0.15) is 17.5 Å². The van der Waals surface area contributed by atoms with Gasteiger partial charge in [-0.2, -0.15) is 0 Å². The molecule has 1 aromatic carbocycles. The predicted octanol–water partition coefficient (Wildman–Crippen LogP) is 3.27. The Balaban J connectivity index is 2.28. The summed E-state index contributed by atoms with van der Waals surface area (Å²) in [6.07, 6.45) is 4.43. The van der Waals surface area contributed by atoms with Gasteiger partial charge < -0.3 is 4.57 Å². The van der Waals surface area contributed by atoms with Crippen molar-refractivity contribution in [1.29, 1.82) is 0 Å². The highest BCUT2D eigenvalue weighted by molar-refractivity contribution is 5.55. The predicted molar refractivity (Wildman–Crippen MR) is 69.5 cm³/mol. The average molecular weight is 263 g/mol. The van der Waals surface area contributed by atoms with Crippen LogP contribution in [0.5, 0.6) is 0 Å². The quantitative estimate of drug-likeness (QED) is 0.612. The Morgan fingerprint density at radius 3 is 2.53 bits per heavy atom. The molecular formula is C14H15F2N3. The molecule has 100 valence electrons. The van der Waals surface area contributed by atoms with E-state index in [1.165, 1.54) is 12.1 Å². The number of benzene rings is 1. The van der Waals surface area contributed by atoms with Crippen LogP contribution < -0.4 is 0 Å². The second-order valence-electron chi connectivity index (χ2n) is 4.34. The van der Waals surface area contributed by atoms with Gasteiger partial charge in [-0.25, -0.2) is 8.78 Å². The Labute approximate surface area is 110 Å². The Morgan fingerprint density at radius 1 is 1.21 bits per heavy atom. The fourth-order valence-corrected chi connectivity index (χ4v) is 1.92. The van der Waals surface area contributed by atoms with Crippen LogP contribution in [0.25, 0.3) is 11.4 Å². The van der Waals surface area contributed by atoms with Crippen LogP contribution in [-0.4, -0.2) is 14.8 Å². The van der Waals surface area contributed by atoms with E-state index in [0.717, 1.165) is 31.2 Å². The maximum atomic E-state index is 13.2. The standard InChI is InChI=1S/C14H15F2N3/c1-3-4-5-6-13-17-18-14(19(13)2)10-7-11(15)9-12(16)8-10/h3,7-9H,1,4-6H2,2H3. The van der Waals surface area contributed by atoms with Crippen molar-refractivity contribution in [2.45, 2.75) is 19.3 Å². The van der Waals surface area contributed by atoms with E-state index in [4.69, 9.17) is 0 Å². The first-order valence-electron chi connectivity index (χ1n) is 6.07. The van der Waals surface area contributed by atoms with Crippen LogP contribution in [-0.2, 0) is 13.5 Å². The maximum absolute atomic E-state index is 13.2. The molecular weight excluding hydrogens is 248 g/mol. The van der Waals surface area contributed by atoms with Gasteiger partial charge >= 0.3 is 0 Å². The van der Waals surface area contributed by atoms with E-state index in [2.05, 4.69) is 16.8 Å². The fourth-order valence-electron chi connectivity index (χ4n) is 1.92. The van der Waals surface area contributed by atoms with Crippen molar-refractivity contribution in [2.24, 2.45) is 7.05 Å². The number of unbranched alkanes of at least 4 members (excludes halogenated alkanes) is 1. The number of aryl methyl sites for hydroxylation is 1. The molecule has 0 radical (unpaired) electrons. The average Bonchev–Trinajstić information content (AvgIpc) is 2.70. The molecule has 2 rings (SSSR count). The molecule has 0 fully saturated rings. The summed E-state index contributed by atoms with van der Waals surface area (Å²) < 4.78 is 28.1. The topological polar surface area (TPSA) is 30.7 Å². The summed E-state index contributed by atoms with van der Waals surface area (Å²) in [4.78, 5) is 0. The highest BCUT2D eigenvalue weighted by atomic mass is 19.1. The molecule has 0 saturated carbocycles. The lowest BCUT2D eigenvalue weighted by molar-refractivity contribution is 0.583. The van der Waals surface area contributed by atoms with E-state index in [9.17, 15) is 8.78 Å². The normalized spacial score (nSPS) is 10.7. The Hall–Kier alpha value is -2.04. The molecule has 0 unspecified atom stereocenters. The van der Waals surface area contributed by atoms with Gasteiger partial charge in [-0.3, -0.25) is 0 Å². The number of aromatic nitrogens is 3. The second kappa shape index (κ2) is 5.73. The third-order valence-corrected chi connectivity index (χ3v) is 2.89. The summed E-state index contributed by atoms with van der Waals surface area (Å²) in [5.41, 5.74) is 0.391. The Kier molecular flexibility index (Phi) is 4.04. The van der Waals surface area contributed by atoms with Crippen LogP contribution in [0.4, 0.5) is 8.78 Å². The molecule has 0 amide bonds. The van der Waals surface area contributed by atoms with Crippen molar-refractivity contribution >= 4 is 0 Å². The zero-order chi connectivity index (χ0) is 13.8. The molecule has 1 heterocycles. The molecule has 0 N–H and O–H groups in total. The summed E-state index contributed by atoms with van der Waals surface area (Å²) in [5, 5.41) is 8.06. The van der Waals surface area contributed by atoms with E-state index in [-0.39, 0.29) is 0 Å². The highest BCUT2D eigenvalue weighted by Crippen LogP contribution is 2.20. The van der Waals surface area contributed by atoms with E-state index < -0.39 is 11.6 Å². The monoisotopic (exact) mass is 263 g/mol. The molecule has 0 bridgehead atoms. The lowest BCUT2D eigenvalue weighted by atomic mass is 10.2. The maximum Gasteiger partial charge on any atom is 0.163 e.